The molecule has 0 saturated heterocycles. The standard InChI is InChI=1S/C19H25F2N7O2/c1-19(20,21)11-27-18(29)28(14-5-3-13(22)4-6-14)16-10-23-15(9-24-16)12-7-25-17(30-2)26-8-12/h7-10,13-14H,3-6,11,22H2,1-2H3,(H,27,29)/t13-,14-. The summed E-state index contributed by atoms with van der Waals surface area (Å²) in [4.78, 5) is 30.9. The number of methoxy groups -OCH3 is 1. The van der Waals surface area contributed by atoms with Gasteiger partial charge in [0.2, 0.25) is 0 Å². The number of urea groups is 1. The van der Waals surface area contributed by atoms with E-state index >= 15 is 0 Å². The van der Waals surface area contributed by atoms with E-state index in [2.05, 4.69) is 25.3 Å². The Hall–Kier alpha value is -2.95. The van der Waals surface area contributed by atoms with Crippen LogP contribution in [-0.2, 0) is 0 Å². The molecule has 0 radical (unpaired) electrons. The van der Waals surface area contributed by atoms with Crippen LogP contribution in [0.3, 0.4) is 0 Å². The smallest absolute Gasteiger partial charge is 0.323 e. The van der Waals surface area contributed by atoms with Crippen molar-refractivity contribution in [3.63, 3.8) is 0 Å². The molecule has 162 valence electrons. The van der Waals surface area contributed by atoms with Crippen molar-refractivity contribution in [3.05, 3.63) is 24.8 Å². The molecule has 0 spiro atoms. The zero-order valence-corrected chi connectivity index (χ0v) is 16.9. The number of aromatic nitrogens is 4. The van der Waals surface area contributed by atoms with E-state index in [1.807, 2.05) is 0 Å². The molecule has 1 fully saturated rings. The molecule has 0 aromatic carbocycles. The molecule has 11 heteroatoms. The van der Waals surface area contributed by atoms with Gasteiger partial charge in [0.1, 0.15) is 0 Å². The van der Waals surface area contributed by atoms with Crippen LogP contribution in [0.1, 0.15) is 32.6 Å². The van der Waals surface area contributed by atoms with E-state index in [0.717, 1.165) is 19.8 Å². The number of nitrogens with two attached hydrogens (primary N) is 1. The Bertz CT molecular complexity index is 835. The fraction of sp³-hybridized carbons (Fsp3) is 0.526. The summed E-state index contributed by atoms with van der Waals surface area (Å²) in [7, 11) is 1.47. The molecule has 0 aliphatic heterocycles. The summed E-state index contributed by atoms with van der Waals surface area (Å²) in [6.07, 6.45) is 8.83. The number of carbonyl (C=O) groups excluding carboxylic acids is 1. The summed E-state index contributed by atoms with van der Waals surface area (Å²) in [6, 6.07) is -0.518. The van der Waals surface area contributed by atoms with E-state index in [4.69, 9.17) is 10.5 Å². The van der Waals surface area contributed by atoms with Crippen LogP contribution in [-0.4, -0.2) is 57.6 Å². The summed E-state index contributed by atoms with van der Waals surface area (Å²) in [5.41, 5.74) is 7.10. The first-order chi connectivity index (χ1) is 14.3. The third-order valence-corrected chi connectivity index (χ3v) is 4.87. The van der Waals surface area contributed by atoms with Crippen LogP contribution < -0.4 is 20.7 Å². The van der Waals surface area contributed by atoms with Crippen LogP contribution in [0.25, 0.3) is 11.3 Å². The molecule has 0 bridgehead atoms. The Kier molecular flexibility index (Phi) is 6.70. The normalized spacial score (nSPS) is 19.2. The lowest BCUT2D eigenvalue weighted by atomic mass is 9.91. The summed E-state index contributed by atoms with van der Waals surface area (Å²) >= 11 is 0. The third-order valence-electron chi connectivity index (χ3n) is 4.87. The van der Waals surface area contributed by atoms with Gasteiger partial charge in [0.25, 0.3) is 5.92 Å². The summed E-state index contributed by atoms with van der Waals surface area (Å²) in [5.74, 6) is -2.73. The zero-order valence-electron chi connectivity index (χ0n) is 16.9. The van der Waals surface area contributed by atoms with Gasteiger partial charge in [0, 0.05) is 37.0 Å². The first-order valence-corrected chi connectivity index (χ1v) is 9.66. The van der Waals surface area contributed by atoms with Crippen molar-refractivity contribution in [1.29, 1.82) is 0 Å². The first kappa shape index (κ1) is 21.8. The molecule has 1 aliphatic rings. The molecule has 2 amide bonds. The van der Waals surface area contributed by atoms with Crippen LogP contribution in [0.15, 0.2) is 24.8 Å². The number of rotatable bonds is 6. The molecule has 9 nitrogen and oxygen atoms in total. The quantitative estimate of drug-likeness (QED) is 0.735. The highest BCUT2D eigenvalue weighted by molar-refractivity contribution is 5.91. The highest BCUT2D eigenvalue weighted by Crippen LogP contribution is 2.27. The maximum atomic E-state index is 13.2. The molecule has 0 unspecified atom stereocenters. The summed E-state index contributed by atoms with van der Waals surface area (Å²) in [6.45, 7) is -0.00790. The molecule has 2 heterocycles. The number of nitrogens with zero attached hydrogens (tertiary/aromatic N) is 5. The van der Waals surface area contributed by atoms with Crippen LogP contribution in [0.2, 0.25) is 0 Å². The van der Waals surface area contributed by atoms with Gasteiger partial charge in [0.15, 0.2) is 5.82 Å². The van der Waals surface area contributed by atoms with Gasteiger partial charge in [-0.05, 0) is 25.7 Å². The number of hydrogen-bond acceptors (Lipinski definition) is 7. The molecular weight excluding hydrogens is 396 g/mol. The van der Waals surface area contributed by atoms with Crippen molar-refractivity contribution in [1.82, 2.24) is 25.3 Å². The van der Waals surface area contributed by atoms with Gasteiger partial charge in [0.05, 0.1) is 31.7 Å². The van der Waals surface area contributed by atoms with E-state index in [1.54, 1.807) is 12.4 Å². The van der Waals surface area contributed by atoms with Crippen molar-refractivity contribution < 1.29 is 18.3 Å². The Labute approximate surface area is 173 Å². The van der Waals surface area contributed by atoms with Crippen molar-refractivity contribution in [2.45, 2.75) is 50.6 Å². The average molecular weight is 421 g/mol. The fourth-order valence-corrected chi connectivity index (χ4v) is 3.28. The molecule has 0 atom stereocenters. The topological polar surface area (TPSA) is 119 Å². The number of ether oxygens (including phenoxy) is 1. The largest absolute Gasteiger partial charge is 0.467 e. The number of amides is 2. The first-order valence-electron chi connectivity index (χ1n) is 9.66. The SMILES string of the molecule is COc1ncc(-c2cnc(N(C(=O)NCC(C)(F)F)[C@H]3CC[C@H](N)CC3)cn2)cn1. The van der Waals surface area contributed by atoms with Crippen molar-refractivity contribution in [2.75, 3.05) is 18.6 Å². The fourth-order valence-electron chi connectivity index (χ4n) is 3.28. The molecule has 1 saturated carbocycles. The zero-order chi connectivity index (χ0) is 21.7. The van der Waals surface area contributed by atoms with Crippen LogP contribution in [0.5, 0.6) is 6.01 Å². The summed E-state index contributed by atoms with van der Waals surface area (Å²) < 4.78 is 31.4. The van der Waals surface area contributed by atoms with E-state index in [1.165, 1.54) is 24.4 Å². The summed E-state index contributed by atoms with van der Waals surface area (Å²) in [5, 5.41) is 2.29. The minimum Gasteiger partial charge on any atom is -0.467 e. The monoisotopic (exact) mass is 421 g/mol. The predicted octanol–water partition coefficient (Wildman–Crippen LogP) is 2.38. The Morgan fingerprint density at radius 3 is 2.37 bits per heavy atom. The molecule has 1 aliphatic carbocycles. The van der Waals surface area contributed by atoms with Gasteiger partial charge in [-0.3, -0.25) is 9.88 Å². The van der Waals surface area contributed by atoms with Crippen LogP contribution >= 0.6 is 0 Å². The lowest BCUT2D eigenvalue weighted by Crippen LogP contribution is -2.51. The van der Waals surface area contributed by atoms with Gasteiger partial charge in [-0.15, -0.1) is 0 Å². The van der Waals surface area contributed by atoms with Crippen molar-refractivity contribution in [3.8, 4) is 17.3 Å². The number of halogens is 2. The molecule has 30 heavy (non-hydrogen) atoms. The van der Waals surface area contributed by atoms with Crippen molar-refractivity contribution in [2.24, 2.45) is 5.73 Å². The van der Waals surface area contributed by atoms with Gasteiger partial charge in [-0.2, -0.15) is 0 Å². The van der Waals surface area contributed by atoms with E-state index in [9.17, 15) is 13.6 Å². The van der Waals surface area contributed by atoms with E-state index in [0.29, 0.717) is 24.1 Å². The highest BCUT2D eigenvalue weighted by Gasteiger charge is 2.32. The Morgan fingerprint density at radius 2 is 1.83 bits per heavy atom. The molecule has 2 aromatic heterocycles. The second-order valence-electron chi connectivity index (χ2n) is 7.39. The van der Waals surface area contributed by atoms with Gasteiger partial charge >= 0.3 is 12.0 Å². The average Bonchev–Trinajstić information content (AvgIpc) is 2.74. The number of hydrogen-bond donors (Lipinski definition) is 2. The number of anilines is 1. The van der Waals surface area contributed by atoms with Gasteiger partial charge < -0.3 is 15.8 Å². The lowest BCUT2D eigenvalue weighted by Gasteiger charge is -2.35. The number of carbonyl (C=O) groups is 1. The predicted molar refractivity (Wildman–Crippen MR) is 106 cm³/mol. The lowest BCUT2D eigenvalue weighted by molar-refractivity contribution is 0.0254. The number of alkyl halides is 2. The van der Waals surface area contributed by atoms with E-state index < -0.39 is 18.5 Å². The van der Waals surface area contributed by atoms with Crippen LogP contribution in [0, 0.1) is 0 Å². The molecular formula is C19H25F2N7O2. The van der Waals surface area contributed by atoms with Crippen LogP contribution in [0.4, 0.5) is 19.4 Å². The minimum absolute atomic E-state index is 0.0784. The maximum absolute atomic E-state index is 13.2. The molecule has 2 aromatic rings. The number of nitrogens with one attached hydrogen (secondary N) is 1. The third kappa shape index (κ3) is 5.56. The second kappa shape index (κ2) is 9.24. The maximum Gasteiger partial charge on any atom is 0.323 e. The van der Waals surface area contributed by atoms with Gasteiger partial charge in [-0.1, -0.05) is 0 Å². The minimum atomic E-state index is -3.01. The Morgan fingerprint density at radius 1 is 1.17 bits per heavy atom. The van der Waals surface area contributed by atoms with E-state index in [-0.39, 0.29) is 23.9 Å². The second-order valence-corrected chi connectivity index (χ2v) is 7.39. The molecule has 3 rings (SSSR count). The Balaban J connectivity index is 1.81. The highest BCUT2D eigenvalue weighted by atomic mass is 19.3. The van der Waals surface area contributed by atoms with Crippen molar-refractivity contribution >= 4 is 11.8 Å². The van der Waals surface area contributed by atoms with Gasteiger partial charge in [-0.25, -0.2) is 28.5 Å². The molecule has 3 N–H and O–H groups in total.